The van der Waals surface area contributed by atoms with Gasteiger partial charge in [-0.25, -0.2) is 22.4 Å². The number of rotatable bonds is 4. The highest BCUT2D eigenvalue weighted by Crippen LogP contribution is 2.40. The molecule has 2 saturated heterocycles. The Morgan fingerprint density at radius 3 is 2.53 bits per heavy atom. The van der Waals surface area contributed by atoms with Crippen LogP contribution in [0.4, 0.5) is 11.4 Å². The molecule has 0 amide bonds. The zero-order valence-electron chi connectivity index (χ0n) is 17.7. The van der Waals surface area contributed by atoms with Gasteiger partial charge in [0, 0.05) is 29.7 Å². The standard InChI is InChI=1S/C23H24N6O2S/c1-15-2-6-19(7-3-15)32(30,31)28-11-9-20-22(21(25)14-26-23(20)28)27-29-17-4-5-18(29)13-16(12-17)8-10-24/h2-3,6-9,11,14,17-18H,4-5,12-13,25H2,1H3,(H,26,27). The van der Waals surface area contributed by atoms with Gasteiger partial charge in [-0.3, -0.25) is 0 Å². The van der Waals surface area contributed by atoms with Gasteiger partial charge in [-0.05, 0) is 50.8 Å². The number of hydrogen-bond acceptors (Lipinski definition) is 7. The van der Waals surface area contributed by atoms with E-state index >= 15 is 0 Å². The lowest BCUT2D eigenvalue weighted by atomic mass is 9.98. The van der Waals surface area contributed by atoms with Crippen LogP contribution >= 0.6 is 0 Å². The van der Waals surface area contributed by atoms with Gasteiger partial charge in [0.05, 0.1) is 28.5 Å². The number of anilines is 2. The minimum absolute atomic E-state index is 0.208. The van der Waals surface area contributed by atoms with E-state index in [0.29, 0.717) is 22.4 Å². The first-order valence-corrected chi connectivity index (χ1v) is 12.0. The normalized spacial score (nSPS) is 20.9. The number of nitrogen functional groups attached to an aromatic ring is 1. The molecule has 2 fully saturated rings. The first kappa shape index (κ1) is 20.5. The van der Waals surface area contributed by atoms with Crippen molar-refractivity contribution in [1.82, 2.24) is 14.0 Å². The Kier molecular flexibility index (Phi) is 4.92. The van der Waals surface area contributed by atoms with E-state index in [9.17, 15) is 8.42 Å². The summed E-state index contributed by atoms with van der Waals surface area (Å²) in [6, 6.07) is 11.2. The number of nitrogens with zero attached hydrogens (tertiary/aromatic N) is 4. The Morgan fingerprint density at radius 1 is 1.19 bits per heavy atom. The highest BCUT2D eigenvalue weighted by Gasteiger charge is 2.39. The van der Waals surface area contributed by atoms with E-state index in [4.69, 9.17) is 11.0 Å². The monoisotopic (exact) mass is 448 g/mol. The lowest BCUT2D eigenvalue weighted by Crippen LogP contribution is -2.44. The summed E-state index contributed by atoms with van der Waals surface area (Å²) >= 11 is 0. The number of piperidine rings is 1. The van der Waals surface area contributed by atoms with E-state index in [2.05, 4.69) is 21.5 Å². The summed E-state index contributed by atoms with van der Waals surface area (Å²) in [5.74, 6) is 0. The number of benzene rings is 1. The Morgan fingerprint density at radius 2 is 1.88 bits per heavy atom. The highest BCUT2D eigenvalue weighted by molar-refractivity contribution is 7.90. The minimum Gasteiger partial charge on any atom is -0.396 e. The summed E-state index contributed by atoms with van der Waals surface area (Å²) in [4.78, 5) is 4.56. The van der Waals surface area contributed by atoms with Crippen LogP contribution in [0.2, 0.25) is 0 Å². The maximum Gasteiger partial charge on any atom is 0.269 e. The molecule has 4 heterocycles. The Hall–Kier alpha value is -3.35. The molecule has 0 radical (unpaired) electrons. The van der Waals surface area contributed by atoms with Gasteiger partial charge in [0.2, 0.25) is 0 Å². The molecule has 9 heteroatoms. The summed E-state index contributed by atoms with van der Waals surface area (Å²) in [5, 5.41) is 11.9. The lowest BCUT2D eigenvalue weighted by Gasteiger charge is -2.37. The summed E-state index contributed by atoms with van der Waals surface area (Å²) in [6.07, 6.45) is 8.45. The van der Waals surface area contributed by atoms with Gasteiger partial charge in [-0.1, -0.05) is 23.3 Å². The number of allylic oxidation sites excluding steroid dienone is 1. The summed E-state index contributed by atoms with van der Waals surface area (Å²) in [7, 11) is -3.79. The molecule has 2 bridgehead atoms. The van der Waals surface area contributed by atoms with Crippen molar-refractivity contribution >= 4 is 32.4 Å². The van der Waals surface area contributed by atoms with Gasteiger partial charge in [0.25, 0.3) is 10.0 Å². The Balaban J connectivity index is 1.52. The second-order valence-electron chi connectivity index (χ2n) is 8.50. The van der Waals surface area contributed by atoms with Gasteiger partial charge < -0.3 is 11.2 Å². The molecule has 0 spiro atoms. The molecule has 2 aliphatic rings. The van der Waals surface area contributed by atoms with E-state index < -0.39 is 10.0 Å². The largest absolute Gasteiger partial charge is 0.396 e. The molecule has 3 N–H and O–H groups in total. The number of hydrazine groups is 1. The molecule has 2 aliphatic heterocycles. The second-order valence-corrected chi connectivity index (χ2v) is 10.3. The molecule has 2 atom stereocenters. The maximum absolute atomic E-state index is 13.2. The molecular formula is C23H24N6O2S. The fourth-order valence-corrected chi connectivity index (χ4v) is 6.09. The van der Waals surface area contributed by atoms with Crippen molar-refractivity contribution in [3.63, 3.8) is 0 Å². The fourth-order valence-electron chi connectivity index (χ4n) is 4.79. The van der Waals surface area contributed by atoms with Crippen molar-refractivity contribution in [3.05, 3.63) is 59.9 Å². The number of nitriles is 1. The van der Waals surface area contributed by atoms with Gasteiger partial charge in [-0.15, -0.1) is 0 Å². The predicted octanol–water partition coefficient (Wildman–Crippen LogP) is 3.57. The number of fused-ring (bicyclic) bond motifs is 3. The Labute approximate surface area is 187 Å². The average molecular weight is 449 g/mol. The molecule has 2 aromatic heterocycles. The molecule has 164 valence electrons. The lowest BCUT2D eigenvalue weighted by molar-refractivity contribution is 0.207. The van der Waals surface area contributed by atoms with E-state index in [1.54, 1.807) is 36.4 Å². The van der Waals surface area contributed by atoms with Crippen molar-refractivity contribution in [2.45, 2.75) is 49.6 Å². The highest BCUT2D eigenvalue weighted by atomic mass is 32.2. The number of nitrogens with one attached hydrogen (secondary N) is 1. The van der Waals surface area contributed by atoms with Crippen molar-refractivity contribution in [1.29, 1.82) is 5.26 Å². The average Bonchev–Trinajstić information content (AvgIpc) is 3.29. The van der Waals surface area contributed by atoms with Crippen LogP contribution in [0.3, 0.4) is 0 Å². The number of hydrogen-bond donors (Lipinski definition) is 2. The van der Waals surface area contributed by atoms with Crippen LogP contribution in [0.5, 0.6) is 0 Å². The van der Waals surface area contributed by atoms with Crippen LogP contribution in [0.25, 0.3) is 11.0 Å². The fraction of sp³-hybridized carbons (Fsp3) is 0.304. The van der Waals surface area contributed by atoms with E-state index in [0.717, 1.165) is 31.2 Å². The van der Waals surface area contributed by atoms with E-state index in [-0.39, 0.29) is 17.0 Å². The first-order chi connectivity index (χ1) is 15.4. The molecule has 2 unspecified atom stereocenters. The SMILES string of the molecule is Cc1ccc(S(=O)(=O)n2ccc3c(NN4C5CCC4CC(=CC#N)C5)c(N)cnc32)cc1. The Bertz CT molecular complexity index is 1350. The summed E-state index contributed by atoms with van der Waals surface area (Å²) < 4.78 is 27.7. The molecule has 5 rings (SSSR count). The van der Waals surface area contributed by atoms with Crippen molar-refractivity contribution < 1.29 is 8.42 Å². The molecule has 3 aromatic rings. The van der Waals surface area contributed by atoms with Crippen molar-refractivity contribution in [2.24, 2.45) is 0 Å². The zero-order chi connectivity index (χ0) is 22.5. The van der Waals surface area contributed by atoms with E-state index in [1.807, 2.05) is 6.92 Å². The van der Waals surface area contributed by atoms with Crippen LogP contribution in [0, 0.1) is 18.3 Å². The summed E-state index contributed by atoms with van der Waals surface area (Å²) in [5.41, 5.74) is 13.4. The molecule has 32 heavy (non-hydrogen) atoms. The number of aryl methyl sites for hydroxylation is 1. The van der Waals surface area contributed by atoms with Gasteiger partial charge in [0.1, 0.15) is 0 Å². The molecule has 8 nitrogen and oxygen atoms in total. The third-order valence-corrected chi connectivity index (χ3v) is 8.09. The van der Waals surface area contributed by atoms with Gasteiger partial charge >= 0.3 is 0 Å². The zero-order valence-corrected chi connectivity index (χ0v) is 18.5. The van der Waals surface area contributed by atoms with Crippen LogP contribution in [0.15, 0.2) is 59.3 Å². The molecular weight excluding hydrogens is 424 g/mol. The maximum atomic E-state index is 13.2. The quantitative estimate of drug-likeness (QED) is 0.586. The number of aromatic nitrogens is 2. The third-order valence-electron chi connectivity index (χ3n) is 6.41. The van der Waals surface area contributed by atoms with Crippen LogP contribution in [-0.4, -0.2) is 34.5 Å². The number of pyridine rings is 1. The van der Waals surface area contributed by atoms with Crippen LogP contribution in [0.1, 0.15) is 31.2 Å². The summed E-state index contributed by atoms with van der Waals surface area (Å²) in [6.45, 7) is 1.91. The van der Waals surface area contributed by atoms with Crippen molar-refractivity contribution in [3.8, 4) is 6.07 Å². The van der Waals surface area contributed by atoms with Gasteiger partial charge in [0.15, 0.2) is 5.65 Å². The van der Waals surface area contributed by atoms with E-state index in [1.165, 1.54) is 21.9 Å². The molecule has 0 saturated carbocycles. The molecule has 0 aliphatic carbocycles. The van der Waals surface area contributed by atoms with Crippen molar-refractivity contribution in [2.75, 3.05) is 11.2 Å². The van der Waals surface area contributed by atoms with Crippen LogP contribution < -0.4 is 11.2 Å². The molecule has 1 aromatic carbocycles. The van der Waals surface area contributed by atoms with Gasteiger partial charge in [-0.2, -0.15) is 5.26 Å². The predicted molar refractivity (Wildman–Crippen MR) is 123 cm³/mol. The smallest absolute Gasteiger partial charge is 0.269 e. The van der Waals surface area contributed by atoms with Crippen LogP contribution in [-0.2, 0) is 10.0 Å². The third kappa shape index (κ3) is 3.32. The topological polar surface area (TPSA) is 117 Å². The minimum atomic E-state index is -3.79. The number of nitrogens with two attached hydrogens (primary N) is 1. The second kappa shape index (κ2) is 7.65. The first-order valence-electron chi connectivity index (χ1n) is 10.6.